The van der Waals surface area contributed by atoms with Crippen molar-refractivity contribution in [3.8, 4) is 28.6 Å². The van der Waals surface area contributed by atoms with Crippen molar-refractivity contribution < 1.29 is 14.3 Å². The summed E-state index contributed by atoms with van der Waals surface area (Å²) in [5, 5.41) is 2.92. The lowest BCUT2D eigenvalue weighted by molar-refractivity contribution is 0.102. The normalized spacial score (nSPS) is 10.4. The topological polar surface area (TPSA) is 73.3 Å². The molecular weight excluding hydrogens is 390 g/mol. The molecule has 0 unspecified atom stereocenters. The third-order valence-corrected chi connectivity index (χ3v) is 4.62. The van der Waals surface area contributed by atoms with Crippen LogP contribution in [0.2, 0.25) is 0 Å². The summed E-state index contributed by atoms with van der Waals surface area (Å²) in [6.45, 7) is 1.98. The highest BCUT2D eigenvalue weighted by molar-refractivity contribution is 6.04. The summed E-state index contributed by atoms with van der Waals surface area (Å²) in [6.07, 6.45) is 1.43. The lowest BCUT2D eigenvalue weighted by atomic mass is 10.1. The lowest BCUT2D eigenvalue weighted by Gasteiger charge is -2.10. The van der Waals surface area contributed by atoms with Crippen LogP contribution in [0, 0.1) is 6.92 Å². The molecule has 1 heterocycles. The first kappa shape index (κ1) is 20.1. The Kier molecular flexibility index (Phi) is 5.89. The standard InChI is InChI=1S/C25H21N3O3/c1-17-7-5-10-20(13-17)28-25(29)19-9-6-8-18(14-19)21-15-24(27-16-26-21)31-23-12-4-3-11-22(23)30-2/h3-16H,1-2H3,(H,28,29). The molecule has 0 spiro atoms. The molecule has 1 amide bonds. The zero-order valence-electron chi connectivity index (χ0n) is 17.2. The number of nitrogens with zero attached hydrogens (tertiary/aromatic N) is 2. The summed E-state index contributed by atoms with van der Waals surface area (Å²) in [5.74, 6) is 1.36. The van der Waals surface area contributed by atoms with Gasteiger partial charge in [0.15, 0.2) is 11.5 Å². The Labute approximate surface area is 180 Å². The number of amides is 1. The predicted molar refractivity (Wildman–Crippen MR) is 120 cm³/mol. The molecule has 0 aliphatic rings. The molecule has 1 aromatic heterocycles. The third-order valence-electron chi connectivity index (χ3n) is 4.62. The van der Waals surface area contributed by atoms with E-state index in [0.717, 1.165) is 16.8 Å². The predicted octanol–water partition coefficient (Wildman–Crippen LogP) is 5.51. The number of aromatic nitrogens is 2. The molecule has 0 atom stereocenters. The van der Waals surface area contributed by atoms with Crippen LogP contribution in [0.25, 0.3) is 11.3 Å². The maximum atomic E-state index is 12.7. The zero-order valence-corrected chi connectivity index (χ0v) is 17.2. The van der Waals surface area contributed by atoms with E-state index < -0.39 is 0 Å². The van der Waals surface area contributed by atoms with Gasteiger partial charge in [-0.1, -0.05) is 36.4 Å². The molecular formula is C25H21N3O3. The summed E-state index contributed by atoms with van der Waals surface area (Å²) in [6, 6.07) is 24.0. The van der Waals surface area contributed by atoms with Crippen molar-refractivity contribution in [2.45, 2.75) is 6.92 Å². The quantitative estimate of drug-likeness (QED) is 0.453. The molecule has 4 aromatic rings. The minimum atomic E-state index is -0.188. The zero-order chi connectivity index (χ0) is 21.6. The van der Waals surface area contributed by atoms with Crippen molar-refractivity contribution in [3.63, 3.8) is 0 Å². The van der Waals surface area contributed by atoms with Gasteiger partial charge >= 0.3 is 0 Å². The molecule has 0 saturated heterocycles. The Bertz CT molecular complexity index is 1220. The number of benzene rings is 3. The van der Waals surface area contributed by atoms with E-state index in [0.29, 0.717) is 28.6 Å². The second-order valence-corrected chi connectivity index (χ2v) is 6.90. The second kappa shape index (κ2) is 9.09. The molecule has 0 fully saturated rings. The number of ether oxygens (including phenoxy) is 2. The van der Waals surface area contributed by atoms with Crippen molar-refractivity contribution in [2.24, 2.45) is 0 Å². The van der Waals surface area contributed by atoms with Gasteiger partial charge in [-0.25, -0.2) is 9.97 Å². The van der Waals surface area contributed by atoms with Gasteiger partial charge in [0.1, 0.15) is 6.33 Å². The van der Waals surface area contributed by atoms with E-state index in [-0.39, 0.29) is 5.91 Å². The fourth-order valence-corrected chi connectivity index (χ4v) is 3.11. The monoisotopic (exact) mass is 411 g/mol. The van der Waals surface area contributed by atoms with Crippen molar-refractivity contribution in [2.75, 3.05) is 12.4 Å². The van der Waals surface area contributed by atoms with Crippen molar-refractivity contribution in [1.29, 1.82) is 0 Å². The molecule has 31 heavy (non-hydrogen) atoms. The molecule has 0 saturated carbocycles. The Morgan fingerprint density at radius 2 is 1.68 bits per heavy atom. The highest BCUT2D eigenvalue weighted by Crippen LogP contribution is 2.31. The summed E-state index contributed by atoms with van der Waals surface area (Å²) in [5.41, 5.74) is 3.79. The minimum absolute atomic E-state index is 0.188. The molecule has 1 N–H and O–H groups in total. The molecule has 154 valence electrons. The van der Waals surface area contributed by atoms with Gasteiger partial charge in [0.2, 0.25) is 5.88 Å². The largest absolute Gasteiger partial charge is 0.493 e. The fourth-order valence-electron chi connectivity index (χ4n) is 3.11. The van der Waals surface area contributed by atoms with Crippen LogP contribution in [0.5, 0.6) is 17.4 Å². The average molecular weight is 411 g/mol. The van der Waals surface area contributed by atoms with E-state index in [4.69, 9.17) is 9.47 Å². The lowest BCUT2D eigenvalue weighted by Crippen LogP contribution is -2.11. The van der Waals surface area contributed by atoms with Crippen LogP contribution in [0.1, 0.15) is 15.9 Å². The molecule has 3 aromatic carbocycles. The molecule has 0 radical (unpaired) electrons. The summed E-state index contributed by atoms with van der Waals surface area (Å²) >= 11 is 0. The van der Waals surface area contributed by atoms with Gasteiger partial charge in [-0.3, -0.25) is 4.79 Å². The number of hydrogen-bond acceptors (Lipinski definition) is 5. The Morgan fingerprint density at radius 1 is 0.871 bits per heavy atom. The molecule has 6 heteroatoms. The number of hydrogen-bond donors (Lipinski definition) is 1. The first-order valence-electron chi connectivity index (χ1n) is 9.74. The van der Waals surface area contributed by atoms with Crippen LogP contribution in [0.3, 0.4) is 0 Å². The highest BCUT2D eigenvalue weighted by Gasteiger charge is 2.11. The van der Waals surface area contributed by atoms with Crippen LogP contribution in [0.4, 0.5) is 5.69 Å². The van der Waals surface area contributed by atoms with Crippen LogP contribution >= 0.6 is 0 Å². The summed E-state index contributed by atoms with van der Waals surface area (Å²) < 4.78 is 11.2. The number of carbonyl (C=O) groups excluding carboxylic acids is 1. The van der Waals surface area contributed by atoms with E-state index in [9.17, 15) is 4.79 Å². The number of rotatable bonds is 6. The van der Waals surface area contributed by atoms with E-state index in [1.165, 1.54) is 6.33 Å². The van der Waals surface area contributed by atoms with Crippen molar-refractivity contribution in [1.82, 2.24) is 9.97 Å². The molecule has 4 rings (SSSR count). The average Bonchev–Trinajstić information content (AvgIpc) is 2.80. The maximum Gasteiger partial charge on any atom is 0.255 e. The van der Waals surface area contributed by atoms with Gasteiger partial charge in [0.05, 0.1) is 12.8 Å². The van der Waals surface area contributed by atoms with Crippen molar-refractivity contribution >= 4 is 11.6 Å². The van der Waals surface area contributed by atoms with Gasteiger partial charge in [-0.05, 0) is 48.9 Å². The van der Waals surface area contributed by atoms with E-state index in [1.54, 1.807) is 31.4 Å². The van der Waals surface area contributed by atoms with Crippen LogP contribution in [-0.2, 0) is 0 Å². The van der Waals surface area contributed by atoms with Gasteiger partial charge in [-0.2, -0.15) is 0 Å². The molecule has 0 bridgehead atoms. The number of aryl methyl sites for hydroxylation is 1. The highest BCUT2D eigenvalue weighted by atomic mass is 16.5. The smallest absolute Gasteiger partial charge is 0.255 e. The van der Waals surface area contributed by atoms with Crippen LogP contribution in [0.15, 0.2) is 85.2 Å². The number of nitrogens with one attached hydrogen (secondary N) is 1. The van der Waals surface area contributed by atoms with Gasteiger partial charge in [0.25, 0.3) is 5.91 Å². The van der Waals surface area contributed by atoms with E-state index >= 15 is 0 Å². The Hall–Kier alpha value is -4.19. The summed E-state index contributed by atoms with van der Waals surface area (Å²) in [7, 11) is 1.58. The summed E-state index contributed by atoms with van der Waals surface area (Å²) in [4.78, 5) is 21.2. The Morgan fingerprint density at radius 3 is 2.48 bits per heavy atom. The third kappa shape index (κ3) is 4.87. The second-order valence-electron chi connectivity index (χ2n) is 6.90. The SMILES string of the molecule is COc1ccccc1Oc1cc(-c2cccc(C(=O)Nc3cccc(C)c3)c2)ncn1. The van der Waals surface area contributed by atoms with Crippen LogP contribution in [-0.4, -0.2) is 23.0 Å². The number of carbonyl (C=O) groups is 1. The first-order valence-corrected chi connectivity index (χ1v) is 9.74. The number of para-hydroxylation sites is 2. The molecule has 0 aliphatic carbocycles. The van der Waals surface area contributed by atoms with Gasteiger partial charge < -0.3 is 14.8 Å². The number of anilines is 1. The molecule has 0 aliphatic heterocycles. The fraction of sp³-hybridized carbons (Fsp3) is 0.0800. The van der Waals surface area contributed by atoms with Gasteiger partial charge in [-0.15, -0.1) is 0 Å². The van der Waals surface area contributed by atoms with Crippen LogP contribution < -0.4 is 14.8 Å². The van der Waals surface area contributed by atoms with E-state index in [1.807, 2.05) is 61.5 Å². The maximum absolute atomic E-state index is 12.7. The molecule has 6 nitrogen and oxygen atoms in total. The van der Waals surface area contributed by atoms with E-state index in [2.05, 4.69) is 15.3 Å². The first-order chi connectivity index (χ1) is 15.1. The minimum Gasteiger partial charge on any atom is -0.493 e. The number of methoxy groups -OCH3 is 1. The van der Waals surface area contributed by atoms with Crippen molar-refractivity contribution in [3.05, 3.63) is 96.3 Å². The van der Waals surface area contributed by atoms with Gasteiger partial charge in [0, 0.05) is 22.9 Å². The Balaban J connectivity index is 1.56.